The topological polar surface area (TPSA) is 29.5 Å². The lowest BCUT2D eigenvalue weighted by Gasteiger charge is -2.15. The quantitative estimate of drug-likeness (QED) is 0.804. The van der Waals surface area contributed by atoms with Gasteiger partial charge in [0.05, 0.1) is 12.2 Å². The summed E-state index contributed by atoms with van der Waals surface area (Å²) >= 11 is 0. The Morgan fingerprint density at radius 1 is 1.43 bits per heavy atom. The number of hydrogen-bond acceptors (Lipinski definition) is 2. The molecular formula is C11H15FO2. The van der Waals surface area contributed by atoms with Crippen molar-refractivity contribution < 1.29 is 14.2 Å². The molecule has 3 heteroatoms. The minimum atomic E-state index is -0.404. The van der Waals surface area contributed by atoms with E-state index in [2.05, 4.69) is 0 Å². The van der Waals surface area contributed by atoms with Gasteiger partial charge in [0.15, 0.2) is 0 Å². The van der Waals surface area contributed by atoms with E-state index in [1.807, 2.05) is 6.92 Å². The van der Waals surface area contributed by atoms with E-state index in [-0.39, 0.29) is 11.9 Å². The van der Waals surface area contributed by atoms with Gasteiger partial charge in [0.1, 0.15) is 11.6 Å². The molecule has 0 aliphatic rings. The molecule has 78 valence electrons. The van der Waals surface area contributed by atoms with Crippen LogP contribution in [0.15, 0.2) is 24.3 Å². The van der Waals surface area contributed by atoms with Crippen LogP contribution in [0.2, 0.25) is 0 Å². The lowest BCUT2D eigenvalue weighted by Crippen LogP contribution is -2.18. The summed E-state index contributed by atoms with van der Waals surface area (Å²) in [6.45, 7) is 3.54. The Kier molecular flexibility index (Phi) is 3.89. The number of benzene rings is 1. The Bertz CT molecular complexity index is 286. The summed E-state index contributed by atoms with van der Waals surface area (Å²) in [6.07, 6.45) is 0.0200. The number of ether oxygens (including phenoxy) is 1. The van der Waals surface area contributed by atoms with Crippen LogP contribution in [0.4, 0.5) is 4.39 Å². The van der Waals surface area contributed by atoms with E-state index in [9.17, 15) is 4.39 Å². The van der Waals surface area contributed by atoms with Crippen molar-refractivity contribution in [2.45, 2.75) is 32.5 Å². The molecule has 0 amide bonds. The maximum absolute atomic E-state index is 12.8. The lowest BCUT2D eigenvalue weighted by atomic mass is 10.2. The number of aliphatic hydroxyl groups is 1. The molecule has 1 aromatic carbocycles. The van der Waals surface area contributed by atoms with E-state index in [0.29, 0.717) is 12.2 Å². The fourth-order valence-electron chi connectivity index (χ4n) is 1.30. The van der Waals surface area contributed by atoms with Gasteiger partial charge in [0, 0.05) is 12.5 Å². The fourth-order valence-corrected chi connectivity index (χ4v) is 1.30. The summed E-state index contributed by atoms with van der Waals surface area (Å²) in [6, 6.07) is 5.99. The van der Waals surface area contributed by atoms with Crippen LogP contribution < -0.4 is 4.74 Å². The van der Waals surface area contributed by atoms with Crippen molar-refractivity contribution in [3.63, 3.8) is 0 Å². The molecule has 1 aromatic rings. The Morgan fingerprint density at radius 2 is 2.14 bits per heavy atom. The van der Waals surface area contributed by atoms with Crippen LogP contribution in [0.5, 0.6) is 5.75 Å². The minimum absolute atomic E-state index is 0.114. The molecule has 0 saturated carbocycles. The van der Waals surface area contributed by atoms with E-state index < -0.39 is 6.10 Å². The van der Waals surface area contributed by atoms with Gasteiger partial charge in [-0.1, -0.05) is 6.07 Å². The van der Waals surface area contributed by atoms with Crippen molar-refractivity contribution in [1.82, 2.24) is 0 Å². The minimum Gasteiger partial charge on any atom is -0.491 e. The Hall–Kier alpha value is -1.09. The second kappa shape index (κ2) is 4.96. The molecule has 0 saturated heterocycles. The number of rotatable bonds is 4. The zero-order valence-corrected chi connectivity index (χ0v) is 8.40. The molecule has 0 bridgehead atoms. The van der Waals surface area contributed by atoms with E-state index in [1.54, 1.807) is 19.1 Å². The van der Waals surface area contributed by atoms with Crippen LogP contribution in [0.3, 0.4) is 0 Å². The second-order valence-corrected chi connectivity index (χ2v) is 3.47. The first kappa shape index (κ1) is 11.0. The molecule has 2 atom stereocenters. The van der Waals surface area contributed by atoms with Crippen LogP contribution in [0.25, 0.3) is 0 Å². The molecule has 0 aliphatic carbocycles. The first-order valence-corrected chi connectivity index (χ1v) is 4.68. The third kappa shape index (κ3) is 3.75. The highest BCUT2D eigenvalue weighted by Crippen LogP contribution is 2.15. The Morgan fingerprint density at radius 3 is 2.71 bits per heavy atom. The number of hydrogen-bond donors (Lipinski definition) is 1. The SMILES string of the molecule is CC(O)CC(C)Oc1cccc(F)c1. The van der Waals surface area contributed by atoms with Crippen molar-refractivity contribution in [2.75, 3.05) is 0 Å². The standard InChI is InChI=1S/C11H15FO2/c1-8(13)6-9(2)14-11-5-3-4-10(12)7-11/h3-5,7-9,13H,6H2,1-2H3. The fraction of sp³-hybridized carbons (Fsp3) is 0.455. The molecule has 0 spiro atoms. The van der Waals surface area contributed by atoms with Gasteiger partial charge in [-0.05, 0) is 26.0 Å². The van der Waals surface area contributed by atoms with Gasteiger partial charge in [-0.25, -0.2) is 4.39 Å². The third-order valence-corrected chi connectivity index (χ3v) is 1.81. The van der Waals surface area contributed by atoms with Gasteiger partial charge in [0.2, 0.25) is 0 Å². The molecule has 2 nitrogen and oxygen atoms in total. The maximum atomic E-state index is 12.8. The van der Waals surface area contributed by atoms with Crippen LogP contribution in [-0.4, -0.2) is 17.3 Å². The first-order chi connectivity index (χ1) is 6.58. The lowest BCUT2D eigenvalue weighted by molar-refractivity contribution is 0.115. The van der Waals surface area contributed by atoms with E-state index in [0.717, 1.165) is 0 Å². The van der Waals surface area contributed by atoms with Gasteiger partial charge in [-0.15, -0.1) is 0 Å². The van der Waals surface area contributed by atoms with Gasteiger partial charge >= 0.3 is 0 Å². The molecule has 1 N–H and O–H groups in total. The van der Waals surface area contributed by atoms with E-state index in [1.165, 1.54) is 12.1 Å². The van der Waals surface area contributed by atoms with Gasteiger partial charge in [-0.2, -0.15) is 0 Å². The first-order valence-electron chi connectivity index (χ1n) is 4.68. The van der Waals surface area contributed by atoms with Crippen LogP contribution in [-0.2, 0) is 0 Å². The van der Waals surface area contributed by atoms with Gasteiger partial charge < -0.3 is 9.84 Å². The summed E-state index contributed by atoms with van der Waals surface area (Å²) < 4.78 is 18.2. The highest BCUT2D eigenvalue weighted by Gasteiger charge is 2.07. The predicted molar refractivity (Wildman–Crippen MR) is 52.8 cm³/mol. The molecule has 1 rings (SSSR count). The normalized spacial score (nSPS) is 14.9. The number of aliphatic hydroxyl groups excluding tert-OH is 1. The van der Waals surface area contributed by atoms with Gasteiger partial charge in [-0.3, -0.25) is 0 Å². The van der Waals surface area contributed by atoms with E-state index in [4.69, 9.17) is 9.84 Å². The van der Waals surface area contributed by atoms with Crippen molar-refractivity contribution in [2.24, 2.45) is 0 Å². The summed E-state index contributed by atoms with van der Waals surface area (Å²) in [4.78, 5) is 0. The van der Waals surface area contributed by atoms with E-state index >= 15 is 0 Å². The molecule has 0 aliphatic heterocycles. The van der Waals surface area contributed by atoms with Crippen molar-refractivity contribution in [3.05, 3.63) is 30.1 Å². The third-order valence-electron chi connectivity index (χ3n) is 1.81. The molecular weight excluding hydrogens is 183 g/mol. The molecule has 2 unspecified atom stereocenters. The zero-order chi connectivity index (χ0) is 10.6. The summed E-state index contributed by atoms with van der Waals surface area (Å²) in [5.41, 5.74) is 0. The highest BCUT2D eigenvalue weighted by atomic mass is 19.1. The largest absolute Gasteiger partial charge is 0.491 e. The number of halogens is 1. The zero-order valence-electron chi connectivity index (χ0n) is 8.40. The van der Waals surface area contributed by atoms with Crippen molar-refractivity contribution in [1.29, 1.82) is 0 Å². The summed E-state index contributed by atoms with van der Waals surface area (Å²) in [7, 11) is 0. The molecule has 0 aromatic heterocycles. The molecule has 0 fully saturated rings. The van der Waals surface area contributed by atoms with Crippen LogP contribution in [0.1, 0.15) is 20.3 Å². The van der Waals surface area contributed by atoms with Crippen LogP contribution >= 0.6 is 0 Å². The van der Waals surface area contributed by atoms with Gasteiger partial charge in [0.25, 0.3) is 0 Å². The predicted octanol–water partition coefficient (Wildman–Crippen LogP) is 2.36. The maximum Gasteiger partial charge on any atom is 0.126 e. The van der Waals surface area contributed by atoms with Crippen LogP contribution in [0, 0.1) is 5.82 Å². The molecule has 14 heavy (non-hydrogen) atoms. The highest BCUT2D eigenvalue weighted by molar-refractivity contribution is 5.22. The molecule has 0 radical (unpaired) electrons. The Balaban J connectivity index is 2.51. The second-order valence-electron chi connectivity index (χ2n) is 3.47. The van der Waals surface area contributed by atoms with Crippen molar-refractivity contribution >= 4 is 0 Å². The monoisotopic (exact) mass is 198 g/mol. The van der Waals surface area contributed by atoms with Crippen molar-refractivity contribution in [3.8, 4) is 5.75 Å². The smallest absolute Gasteiger partial charge is 0.126 e. The summed E-state index contributed by atoms with van der Waals surface area (Å²) in [5.74, 6) is 0.185. The molecule has 0 heterocycles. The average Bonchev–Trinajstić information content (AvgIpc) is 2.01. The average molecular weight is 198 g/mol. The Labute approximate surface area is 83.3 Å². The summed E-state index contributed by atoms with van der Waals surface area (Å²) in [5, 5.41) is 9.10.